The molecule has 0 amide bonds. The monoisotopic (exact) mass is 212 g/mol. The van der Waals surface area contributed by atoms with Crippen LogP contribution in [-0.4, -0.2) is 14.5 Å². The normalized spacial score (nSPS) is 12.6. The van der Waals surface area contributed by atoms with Crippen LogP contribution in [0.5, 0.6) is 0 Å². The van der Waals surface area contributed by atoms with E-state index in [2.05, 4.69) is 12.1 Å². The molecule has 14 heavy (non-hydrogen) atoms. The average Bonchev–Trinajstić information content (AvgIpc) is 2.18. The van der Waals surface area contributed by atoms with Crippen LogP contribution < -0.4 is 0 Å². The van der Waals surface area contributed by atoms with Crippen molar-refractivity contribution in [3.8, 4) is 0 Å². The minimum absolute atomic E-state index is 0.411. The maximum atomic E-state index is 10.3. The average molecular weight is 212 g/mol. The summed E-state index contributed by atoms with van der Waals surface area (Å²) in [6.45, 7) is 0. The molecule has 0 aliphatic heterocycles. The zero-order valence-electron chi connectivity index (χ0n) is 8.19. The molecule has 1 unspecified atom stereocenters. The lowest BCUT2D eigenvalue weighted by Gasteiger charge is -2.00. The van der Waals surface area contributed by atoms with Crippen molar-refractivity contribution in [3.05, 3.63) is 35.9 Å². The lowest BCUT2D eigenvalue weighted by atomic mass is 10.1. The Kier molecular flexibility index (Phi) is 5.49. The molecular formula is C11H16O2S. The van der Waals surface area contributed by atoms with E-state index in [0.717, 1.165) is 25.7 Å². The second-order valence-electron chi connectivity index (χ2n) is 3.32. The van der Waals surface area contributed by atoms with Crippen LogP contribution in [0.15, 0.2) is 30.3 Å². The molecule has 1 rings (SSSR count). The first-order valence-electron chi connectivity index (χ1n) is 4.90. The van der Waals surface area contributed by atoms with E-state index in [1.165, 1.54) is 5.56 Å². The van der Waals surface area contributed by atoms with Gasteiger partial charge in [0, 0.05) is 5.75 Å². The molecule has 0 radical (unpaired) electrons. The van der Waals surface area contributed by atoms with Crippen molar-refractivity contribution in [2.24, 2.45) is 0 Å². The highest BCUT2D eigenvalue weighted by Gasteiger charge is 1.95. The first-order valence-corrected chi connectivity index (χ1v) is 6.18. The third-order valence-electron chi connectivity index (χ3n) is 2.13. The summed E-state index contributed by atoms with van der Waals surface area (Å²) in [4.78, 5) is 0. The molecule has 0 aromatic heterocycles. The maximum absolute atomic E-state index is 10.3. The van der Waals surface area contributed by atoms with Crippen molar-refractivity contribution < 1.29 is 8.76 Å². The minimum Gasteiger partial charge on any atom is -0.306 e. The third-order valence-corrected chi connectivity index (χ3v) is 2.77. The number of benzene rings is 1. The van der Waals surface area contributed by atoms with Crippen LogP contribution in [0.1, 0.15) is 24.8 Å². The van der Waals surface area contributed by atoms with Crippen LogP contribution in [0.3, 0.4) is 0 Å². The summed E-state index contributed by atoms with van der Waals surface area (Å²) in [7, 11) is 0. The topological polar surface area (TPSA) is 37.3 Å². The van der Waals surface area contributed by atoms with E-state index in [-0.39, 0.29) is 0 Å². The van der Waals surface area contributed by atoms with Crippen molar-refractivity contribution in [1.82, 2.24) is 0 Å². The molecule has 0 bridgehead atoms. The maximum Gasteiger partial charge on any atom is 0.152 e. The number of unbranched alkanes of at least 4 members (excludes halogenated alkanes) is 2. The molecule has 1 aromatic rings. The molecule has 0 heterocycles. The van der Waals surface area contributed by atoms with Crippen LogP contribution in [0.4, 0.5) is 0 Å². The van der Waals surface area contributed by atoms with Crippen molar-refractivity contribution >= 4 is 11.1 Å². The number of rotatable bonds is 6. The lowest BCUT2D eigenvalue weighted by molar-refractivity contribution is 0.559. The van der Waals surface area contributed by atoms with Crippen LogP contribution in [0.25, 0.3) is 0 Å². The van der Waals surface area contributed by atoms with E-state index < -0.39 is 11.1 Å². The molecule has 1 atom stereocenters. The SMILES string of the molecule is O=S(O)CCCCCc1ccccc1. The largest absolute Gasteiger partial charge is 0.306 e. The Morgan fingerprint density at radius 3 is 2.43 bits per heavy atom. The highest BCUT2D eigenvalue weighted by molar-refractivity contribution is 7.79. The summed E-state index contributed by atoms with van der Waals surface area (Å²) in [5, 5.41) is 0. The van der Waals surface area contributed by atoms with Gasteiger partial charge in [-0.05, 0) is 24.8 Å². The van der Waals surface area contributed by atoms with Gasteiger partial charge in [-0.1, -0.05) is 36.8 Å². The number of hydrogen-bond acceptors (Lipinski definition) is 1. The van der Waals surface area contributed by atoms with E-state index in [4.69, 9.17) is 4.55 Å². The molecule has 0 aliphatic carbocycles. The van der Waals surface area contributed by atoms with Gasteiger partial charge in [-0.2, -0.15) is 0 Å². The number of aryl methyl sites for hydroxylation is 1. The highest BCUT2D eigenvalue weighted by atomic mass is 32.2. The zero-order chi connectivity index (χ0) is 10.2. The van der Waals surface area contributed by atoms with Crippen LogP contribution >= 0.6 is 0 Å². The summed E-state index contributed by atoms with van der Waals surface area (Å²) < 4.78 is 18.9. The summed E-state index contributed by atoms with van der Waals surface area (Å²) in [6, 6.07) is 10.3. The summed E-state index contributed by atoms with van der Waals surface area (Å²) >= 11 is -1.61. The van der Waals surface area contributed by atoms with E-state index >= 15 is 0 Å². The second-order valence-corrected chi connectivity index (χ2v) is 4.37. The summed E-state index contributed by atoms with van der Waals surface area (Å²) in [5.41, 5.74) is 1.35. The van der Waals surface area contributed by atoms with Gasteiger partial charge in [0.1, 0.15) is 0 Å². The molecule has 0 spiro atoms. The Labute approximate surface area is 87.6 Å². The van der Waals surface area contributed by atoms with Gasteiger partial charge in [-0.25, -0.2) is 4.21 Å². The Morgan fingerprint density at radius 1 is 1.07 bits per heavy atom. The summed E-state index contributed by atoms with van der Waals surface area (Å²) in [5.74, 6) is 0.411. The first kappa shape index (κ1) is 11.4. The predicted octanol–water partition coefficient (Wildman–Crippen LogP) is 2.62. The third kappa shape index (κ3) is 5.14. The van der Waals surface area contributed by atoms with E-state index in [1.807, 2.05) is 18.2 Å². The fourth-order valence-electron chi connectivity index (χ4n) is 1.38. The van der Waals surface area contributed by atoms with Crippen LogP contribution in [-0.2, 0) is 17.5 Å². The van der Waals surface area contributed by atoms with Gasteiger partial charge < -0.3 is 4.55 Å². The molecule has 0 fully saturated rings. The highest BCUT2D eigenvalue weighted by Crippen LogP contribution is 2.06. The van der Waals surface area contributed by atoms with E-state index in [0.29, 0.717) is 5.75 Å². The Bertz CT molecular complexity index is 272. The Balaban J connectivity index is 2.08. The van der Waals surface area contributed by atoms with Crippen LogP contribution in [0, 0.1) is 0 Å². The molecular weight excluding hydrogens is 196 g/mol. The first-order chi connectivity index (χ1) is 6.79. The fraction of sp³-hybridized carbons (Fsp3) is 0.455. The van der Waals surface area contributed by atoms with E-state index in [1.54, 1.807) is 0 Å². The van der Waals surface area contributed by atoms with Gasteiger partial charge in [0.25, 0.3) is 0 Å². The van der Waals surface area contributed by atoms with Gasteiger partial charge >= 0.3 is 0 Å². The fourth-order valence-corrected chi connectivity index (χ4v) is 1.83. The number of hydrogen-bond donors (Lipinski definition) is 1. The Hall–Kier alpha value is -0.670. The molecule has 1 N–H and O–H groups in total. The van der Waals surface area contributed by atoms with Crippen molar-refractivity contribution in [2.45, 2.75) is 25.7 Å². The van der Waals surface area contributed by atoms with Gasteiger partial charge in [0.15, 0.2) is 11.1 Å². The molecule has 0 saturated heterocycles. The smallest absolute Gasteiger partial charge is 0.152 e. The summed E-state index contributed by atoms with van der Waals surface area (Å²) in [6.07, 6.45) is 4.04. The minimum atomic E-state index is -1.61. The van der Waals surface area contributed by atoms with Gasteiger partial charge in [0.2, 0.25) is 0 Å². The molecule has 78 valence electrons. The van der Waals surface area contributed by atoms with E-state index in [9.17, 15) is 4.21 Å². The Morgan fingerprint density at radius 2 is 1.79 bits per heavy atom. The predicted molar refractivity (Wildman–Crippen MR) is 59.6 cm³/mol. The second kappa shape index (κ2) is 6.74. The van der Waals surface area contributed by atoms with Crippen molar-refractivity contribution in [3.63, 3.8) is 0 Å². The molecule has 1 aromatic carbocycles. The van der Waals surface area contributed by atoms with Crippen LogP contribution in [0.2, 0.25) is 0 Å². The quantitative estimate of drug-likeness (QED) is 0.581. The standard InChI is InChI=1S/C11H16O2S/c12-14(13)10-6-2-5-9-11-7-3-1-4-8-11/h1,3-4,7-8H,2,5-6,9-10H2,(H,12,13). The van der Waals surface area contributed by atoms with Gasteiger partial charge in [-0.15, -0.1) is 0 Å². The lowest BCUT2D eigenvalue weighted by Crippen LogP contribution is -1.95. The molecule has 0 saturated carbocycles. The molecule has 0 aliphatic rings. The molecule has 2 nitrogen and oxygen atoms in total. The zero-order valence-corrected chi connectivity index (χ0v) is 9.00. The molecule has 3 heteroatoms. The van der Waals surface area contributed by atoms with Crippen molar-refractivity contribution in [1.29, 1.82) is 0 Å². The van der Waals surface area contributed by atoms with Gasteiger partial charge in [0.05, 0.1) is 0 Å². The van der Waals surface area contributed by atoms with Gasteiger partial charge in [-0.3, -0.25) is 0 Å². The van der Waals surface area contributed by atoms with Crippen molar-refractivity contribution in [2.75, 3.05) is 5.75 Å².